The van der Waals surface area contributed by atoms with Gasteiger partial charge in [0.1, 0.15) is 12.3 Å². The van der Waals surface area contributed by atoms with Gasteiger partial charge in [0.2, 0.25) is 0 Å². The molecule has 21 heavy (non-hydrogen) atoms. The molecule has 1 aromatic rings. The third kappa shape index (κ3) is 4.59. The number of benzene rings is 1. The number of rotatable bonds is 6. The molecule has 6 nitrogen and oxygen atoms in total. The maximum atomic E-state index is 12.0. The number of carbonyl (C=O) groups excluding carboxylic acids is 1. The molecule has 0 heterocycles. The highest BCUT2D eigenvalue weighted by Gasteiger charge is 2.33. The summed E-state index contributed by atoms with van der Waals surface area (Å²) in [5.41, 5.74) is 0.373. The molecular formula is C13H14F2N2O4. The first-order valence-electron chi connectivity index (χ1n) is 6.30. The molecule has 0 bridgehead atoms. The van der Waals surface area contributed by atoms with Crippen LogP contribution in [0.4, 0.5) is 19.3 Å². The molecule has 1 aromatic carbocycles. The molecule has 0 radical (unpaired) electrons. The Labute approximate surface area is 119 Å². The molecule has 0 aliphatic heterocycles. The van der Waals surface area contributed by atoms with E-state index in [0.717, 1.165) is 12.8 Å². The van der Waals surface area contributed by atoms with Crippen LogP contribution in [0.25, 0.3) is 0 Å². The van der Waals surface area contributed by atoms with Crippen molar-refractivity contribution in [2.75, 3.05) is 11.9 Å². The predicted octanol–water partition coefficient (Wildman–Crippen LogP) is 2.37. The number of carboxylic acid groups (broad SMARTS) is 1. The number of urea groups is 1. The van der Waals surface area contributed by atoms with Crippen LogP contribution in [0, 0.1) is 0 Å². The van der Waals surface area contributed by atoms with E-state index in [2.05, 4.69) is 10.1 Å². The maximum absolute atomic E-state index is 12.0. The number of nitrogens with one attached hydrogen (secondary N) is 1. The third-order valence-corrected chi connectivity index (χ3v) is 2.88. The first-order valence-corrected chi connectivity index (χ1v) is 6.30. The van der Waals surface area contributed by atoms with E-state index >= 15 is 0 Å². The minimum Gasteiger partial charge on any atom is -0.480 e. The predicted molar refractivity (Wildman–Crippen MR) is 69.5 cm³/mol. The fourth-order valence-corrected chi connectivity index (χ4v) is 1.81. The minimum atomic E-state index is -2.91. The van der Waals surface area contributed by atoms with E-state index in [0.29, 0.717) is 5.69 Å². The topological polar surface area (TPSA) is 78.9 Å². The van der Waals surface area contributed by atoms with Gasteiger partial charge < -0.3 is 20.1 Å². The monoisotopic (exact) mass is 300 g/mol. The van der Waals surface area contributed by atoms with Crippen molar-refractivity contribution in [3.05, 3.63) is 24.3 Å². The van der Waals surface area contributed by atoms with Crippen molar-refractivity contribution >= 4 is 17.7 Å². The van der Waals surface area contributed by atoms with Crippen molar-refractivity contribution in [3.8, 4) is 5.75 Å². The average Bonchev–Trinajstić information content (AvgIpc) is 3.21. The fourth-order valence-electron chi connectivity index (χ4n) is 1.81. The van der Waals surface area contributed by atoms with Crippen LogP contribution in [-0.4, -0.2) is 41.2 Å². The van der Waals surface area contributed by atoms with Crippen molar-refractivity contribution < 1.29 is 28.2 Å². The molecule has 0 aromatic heterocycles. The largest absolute Gasteiger partial charge is 0.480 e. The van der Waals surface area contributed by atoms with Gasteiger partial charge in [-0.1, -0.05) is 0 Å². The second-order valence-electron chi connectivity index (χ2n) is 4.59. The van der Waals surface area contributed by atoms with Gasteiger partial charge in [-0.15, -0.1) is 0 Å². The quantitative estimate of drug-likeness (QED) is 0.845. The van der Waals surface area contributed by atoms with Crippen molar-refractivity contribution in [2.24, 2.45) is 0 Å². The third-order valence-electron chi connectivity index (χ3n) is 2.88. The smallest absolute Gasteiger partial charge is 0.387 e. The fraction of sp³-hybridized carbons (Fsp3) is 0.385. The van der Waals surface area contributed by atoms with Gasteiger partial charge in [0.05, 0.1) is 0 Å². The Bertz CT molecular complexity index is 517. The van der Waals surface area contributed by atoms with Crippen LogP contribution < -0.4 is 10.1 Å². The van der Waals surface area contributed by atoms with Gasteiger partial charge in [-0.25, -0.2) is 4.79 Å². The van der Waals surface area contributed by atoms with E-state index in [-0.39, 0.29) is 18.3 Å². The van der Waals surface area contributed by atoms with Gasteiger partial charge >= 0.3 is 18.6 Å². The summed E-state index contributed by atoms with van der Waals surface area (Å²) in [6.07, 6.45) is 1.56. The summed E-state index contributed by atoms with van der Waals surface area (Å²) < 4.78 is 28.2. The normalized spacial score (nSPS) is 13.9. The Morgan fingerprint density at radius 1 is 1.33 bits per heavy atom. The first kappa shape index (κ1) is 15.0. The lowest BCUT2D eigenvalue weighted by molar-refractivity contribution is -0.137. The van der Waals surface area contributed by atoms with E-state index in [1.54, 1.807) is 0 Å². The van der Waals surface area contributed by atoms with E-state index in [1.165, 1.54) is 29.2 Å². The van der Waals surface area contributed by atoms with Crippen LogP contribution in [0.2, 0.25) is 0 Å². The number of hydrogen-bond donors (Lipinski definition) is 2. The molecule has 0 spiro atoms. The van der Waals surface area contributed by atoms with Gasteiger partial charge in [-0.2, -0.15) is 8.78 Å². The molecule has 2 amide bonds. The Kier molecular flexibility index (Phi) is 4.56. The summed E-state index contributed by atoms with van der Waals surface area (Å²) in [6, 6.07) is 4.81. The van der Waals surface area contributed by atoms with Crippen molar-refractivity contribution in [2.45, 2.75) is 25.5 Å². The summed E-state index contributed by atoms with van der Waals surface area (Å²) in [5.74, 6) is -1.11. The van der Waals surface area contributed by atoms with Gasteiger partial charge in [0.25, 0.3) is 0 Å². The van der Waals surface area contributed by atoms with E-state index in [9.17, 15) is 18.4 Å². The van der Waals surface area contributed by atoms with Crippen LogP contribution in [-0.2, 0) is 4.79 Å². The zero-order valence-electron chi connectivity index (χ0n) is 11.0. The van der Waals surface area contributed by atoms with Crippen LogP contribution >= 0.6 is 0 Å². The molecule has 2 rings (SSSR count). The molecule has 0 saturated heterocycles. The Morgan fingerprint density at radius 3 is 2.43 bits per heavy atom. The van der Waals surface area contributed by atoms with Crippen LogP contribution in [0.3, 0.4) is 0 Å². The summed E-state index contributed by atoms with van der Waals surface area (Å²) >= 11 is 0. The van der Waals surface area contributed by atoms with Gasteiger partial charge in [0.15, 0.2) is 0 Å². The number of carbonyl (C=O) groups is 2. The number of aliphatic carboxylic acids is 1. The molecule has 8 heteroatoms. The zero-order chi connectivity index (χ0) is 15.4. The summed E-state index contributed by atoms with van der Waals surface area (Å²) in [6.45, 7) is -3.28. The molecule has 114 valence electrons. The summed E-state index contributed by atoms with van der Waals surface area (Å²) in [7, 11) is 0. The van der Waals surface area contributed by atoms with Gasteiger partial charge in [0, 0.05) is 11.7 Å². The highest BCUT2D eigenvalue weighted by Crippen LogP contribution is 2.27. The standard InChI is InChI=1S/C13H14F2N2O4/c14-12(15)21-10-5-1-8(2-6-10)16-13(20)17(7-11(18)19)9-3-4-9/h1-2,5-6,9,12H,3-4,7H2,(H,16,20)(H,18,19). The highest BCUT2D eigenvalue weighted by molar-refractivity contribution is 5.91. The second-order valence-corrected chi connectivity index (χ2v) is 4.59. The van der Waals surface area contributed by atoms with Gasteiger partial charge in [-0.3, -0.25) is 4.79 Å². The maximum Gasteiger partial charge on any atom is 0.387 e. The number of anilines is 1. The average molecular weight is 300 g/mol. The van der Waals surface area contributed by atoms with E-state index in [4.69, 9.17) is 5.11 Å². The molecule has 0 atom stereocenters. The second kappa shape index (κ2) is 6.38. The Morgan fingerprint density at radius 2 is 1.95 bits per heavy atom. The Hall–Kier alpha value is -2.38. The zero-order valence-corrected chi connectivity index (χ0v) is 11.0. The molecular weight excluding hydrogens is 286 g/mol. The Balaban J connectivity index is 1.96. The number of halogens is 2. The number of carboxylic acids is 1. The van der Waals surface area contributed by atoms with Crippen LogP contribution in [0.5, 0.6) is 5.75 Å². The first-order chi connectivity index (χ1) is 9.95. The molecule has 0 unspecified atom stereocenters. The van der Waals surface area contributed by atoms with Gasteiger partial charge in [-0.05, 0) is 37.1 Å². The SMILES string of the molecule is O=C(O)CN(C(=O)Nc1ccc(OC(F)F)cc1)C1CC1. The summed E-state index contributed by atoms with van der Waals surface area (Å²) in [5, 5.41) is 11.3. The van der Waals surface area contributed by atoms with Crippen molar-refractivity contribution in [3.63, 3.8) is 0 Å². The number of alkyl halides is 2. The molecule has 1 saturated carbocycles. The van der Waals surface area contributed by atoms with E-state index in [1.807, 2.05) is 0 Å². The van der Waals surface area contributed by atoms with Crippen LogP contribution in [0.1, 0.15) is 12.8 Å². The molecule has 2 N–H and O–H groups in total. The number of nitrogens with zero attached hydrogens (tertiary/aromatic N) is 1. The lowest BCUT2D eigenvalue weighted by atomic mass is 10.3. The lowest BCUT2D eigenvalue weighted by Crippen LogP contribution is -2.40. The highest BCUT2D eigenvalue weighted by atomic mass is 19.3. The number of ether oxygens (including phenoxy) is 1. The van der Waals surface area contributed by atoms with Crippen LogP contribution in [0.15, 0.2) is 24.3 Å². The lowest BCUT2D eigenvalue weighted by Gasteiger charge is -2.20. The number of hydrogen-bond acceptors (Lipinski definition) is 3. The minimum absolute atomic E-state index is 0.0208. The van der Waals surface area contributed by atoms with Crippen molar-refractivity contribution in [1.82, 2.24) is 4.90 Å². The molecule has 1 aliphatic carbocycles. The van der Waals surface area contributed by atoms with E-state index < -0.39 is 18.6 Å². The summed E-state index contributed by atoms with van der Waals surface area (Å²) in [4.78, 5) is 24.0. The molecule has 1 aliphatic rings. The van der Waals surface area contributed by atoms with Crippen molar-refractivity contribution in [1.29, 1.82) is 0 Å². The number of amides is 2. The molecule has 1 fully saturated rings.